The lowest BCUT2D eigenvalue weighted by Gasteiger charge is -2.19. The standard InChI is InChI=1S/C10H13N3O2/c1-7(10(14)15-3)8(2)13-5-4-12-9(13)6-11/h4-5,7-8H,1-3H3. The lowest BCUT2D eigenvalue weighted by molar-refractivity contribution is -0.146. The fourth-order valence-electron chi connectivity index (χ4n) is 1.35. The van der Waals surface area contributed by atoms with E-state index >= 15 is 0 Å². The predicted molar refractivity (Wildman–Crippen MR) is 52.8 cm³/mol. The van der Waals surface area contributed by atoms with Gasteiger partial charge < -0.3 is 9.30 Å². The first-order valence-corrected chi connectivity index (χ1v) is 4.62. The number of rotatable bonds is 3. The lowest BCUT2D eigenvalue weighted by Crippen LogP contribution is -2.23. The minimum Gasteiger partial charge on any atom is -0.469 e. The van der Waals surface area contributed by atoms with Crippen molar-refractivity contribution in [2.24, 2.45) is 5.92 Å². The second kappa shape index (κ2) is 4.60. The first kappa shape index (κ1) is 11.2. The van der Waals surface area contributed by atoms with Crippen molar-refractivity contribution in [3.05, 3.63) is 18.2 Å². The number of carbonyl (C=O) groups excluding carboxylic acids is 1. The summed E-state index contributed by atoms with van der Waals surface area (Å²) in [5, 5.41) is 8.78. The van der Waals surface area contributed by atoms with E-state index in [1.807, 2.05) is 13.0 Å². The second-order valence-electron chi connectivity index (χ2n) is 3.32. The molecule has 5 heteroatoms. The fourth-order valence-corrected chi connectivity index (χ4v) is 1.35. The minimum absolute atomic E-state index is 0.144. The zero-order valence-corrected chi connectivity index (χ0v) is 8.97. The number of esters is 1. The number of aromatic nitrogens is 2. The highest BCUT2D eigenvalue weighted by molar-refractivity contribution is 5.72. The molecule has 0 saturated heterocycles. The lowest BCUT2D eigenvalue weighted by atomic mass is 10.0. The fraction of sp³-hybridized carbons (Fsp3) is 0.500. The molecule has 5 nitrogen and oxygen atoms in total. The number of nitrogens with zero attached hydrogens (tertiary/aromatic N) is 3. The van der Waals surface area contributed by atoms with Crippen molar-refractivity contribution in [3.8, 4) is 6.07 Å². The summed E-state index contributed by atoms with van der Waals surface area (Å²) < 4.78 is 6.32. The molecule has 0 aliphatic rings. The average molecular weight is 207 g/mol. The Bertz CT molecular complexity index is 392. The molecule has 0 aromatic carbocycles. The van der Waals surface area contributed by atoms with Gasteiger partial charge in [-0.05, 0) is 13.8 Å². The number of methoxy groups -OCH3 is 1. The van der Waals surface area contributed by atoms with Gasteiger partial charge in [0, 0.05) is 18.4 Å². The summed E-state index contributed by atoms with van der Waals surface area (Å²) in [7, 11) is 1.35. The molecule has 1 aromatic heterocycles. The van der Waals surface area contributed by atoms with Gasteiger partial charge >= 0.3 is 5.97 Å². The largest absolute Gasteiger partial charge is 0.469 e. The van der Waals surface area contributed by atoms with Crippen molar-refractivity contribution < 1.29 is 9.53 Å². The van der Waals surface area contributed by atoms with Crippen LogP contribution in [0.25, 0.3) is 0 Å². The van der Waals surface area contributed by atoms with E-state index in [9.17, 15) is 4.79 Å². The van der Waals surface area contributed by atoms with Gasteiger partial charge in [-0.1, -0.05) is 0 Å². The first-order chi connectivity index (χ1) is 7.11. The van der Waals surface area contributed by atoms with Crippen LogP contribution in [0.4, 0.5) is 0 Å². The van der Waals surface area contributed by atoms with Gasteiger partial charge in [-0.15, -0.1) is 0 Å². The van der Waals surface area contributed by atoms with Gasteiger partial charge in [0.05, 0.1) is 13.0 Å². The molecule has 80 valence electrons. The van der Waals surface area contributed by atoms with E-state index in [2.05, 4.69) is 9.72 Å². The van der Waals surface area contributed by atoms with E-state index in [4.69, 9.17) is 5.26 Å². The van der Waals surface area contributed by atoms with Crippen molar-refractivity contribution >= 4 is 5.97 Å². The molecular formula is C10H13N3O2. The van der Waals surface area contributed by atoms with Gasteiger partial charge in [0.15, 0.2) is 0 Å². The number of ether oxygens (including phenoxy) is 1. The van der Waals surface area contributed by atoms with E-state index in [0.717, 1.165) is 0 Å². The summed E-state index contributed by atoms with van der Waals surface area (Å²) in [4.78, 5) is 15.2. The van der Waals surface area contributed by atoms with Crippen molar-refractivity contribution in [2.45, 2.75) is 19.9 Å². The molecular weight excluding hydrogens is 194 g/mol. The van der Waals surface area contributed by atoms with Crippen LogP contribution in [0.2, 0.25) is 0 Å². The van der Waals surface area contributed by atoms with Gasteiger partial charge in [0.1, 0.15) is 6.07 Å². The van der Waals surface area contributed by atoms with Crippen LogP contribution in [-0.2, 0) is 9.53 Å². The van der Waals surface area contributed by atoms with Crippen LogP contribution in [-0.4, -0.2) is 22.6 Å². The van der Waals surface area contributed by atoms with E-state index < -0.39 is 0 Å². The molecule has 2 unspecified atom stereocenters. The molecule has 1 aromatic rings. The maximum Gasteiger partial charge on any atom is 0.310 e. The number of imidazole rings is 1. The second-order valence-corrected chi connectivity index (χ2v) is 3.32. The van der Waals surface area contributed by atoms with Crippen LogP contribution in [0, 0.1) is 17.2 Å². The van der Waals surface area contributed by atoms with Crippen molar-refractivity contribution in [3.63, 3.8) is 0 Å². The topological polar surface area (TPSA) is 67.9 Å². The number of nitriles is 1. The van der Waals surface area contributed by atoms with Gasteiger partial charge in [-0.2, -0.15) is 5.26 Å². The van der Waals surface area contributed by atoms with E-state index in [1.165, 1.54) is 7.11 Å². The molecule has 0 amide bonds. The molecule has 0 radical (unpaired) electrons. The van der Waals surface area contributed by atoms with Crippen LogP contribution in [0.5, 0.6) is 0 Å². The molecule has 1 rings (SSSR count). The third-order valence-electron chi connectivity index (χ3n) is 2.50. The quantitative estimate of drug-likeness (QED) is 0.696. The Morgan fingerprint density at radius 3 is 2.87 bits per heavy atom. The van der Waals surface area contributed by atoms with Crippen molar-refractivity contribution in [1.29, 1.82) is 5.26 Å². The summed E-state index contributed by atoms with van der Waals surface area (Å²) in [6.45, 7) is 3.61. The normalized spacial score (nSPS) is 14.0. The number of hydrogen-bond acceptors (Lipinski definition) is 4. The zero-order chi connectivity index (χ0) is 11.4. The third kappa shape index (κ3) is 2.15. The first-order valence-electron chi connectivity index (χ1n) is 4.62. The predicted octanol–water partition coefficient (Wildman–Crippen LogP) is 1.12. The monoisotopic (exact) mass is 207 g/mol. The molecule has 1 heterocycles. The Balaban J connectivity index is 2.90. The summed E-state index contributed by atoms with van der Waals surface area (Å²) in [6.07, 6.45) is 3.22. The molecule has 0 spiro atoms. The van der Waals surface area contributed by atoms with Crippen molar-refractivity contribution in [1.82, 2.24) is 9.55 Å². The van der Waals surface area contributed by atoms with Crippen LogP contribution < -0.4 is 0 Å². The average Bonchev–Trinajstić information content (AvgIpc) is 2.73. The molecule has 2 atom stereocenters. The molecule has 0 aliphatic carbocycles. The van der Waals surface area contributed by atoms with Crippen molar-refractivity contribution in [2.75, 3.05) is 7.11 Å². The Labute approximate surface area is 88.3 Å². The van der Waals surface area contributed by atoms with E-state index in [0.29, 0.717) is 5.82 Å². The highest BCUT2D eigenvalue weighted by Crippen LogP contribution is 2.19. The Morgan fingerprint density at radius 2 is 2.33 bits per heavy atom. The highest BCUT2D eigenvalue weighted by atomic mass is 16.5. The smallest absolute Gasteiger partial charge is 0.310 e. The number of carbonyl (C=O) groups is 1. The Hall–Kier alpha value is -1.83. The molecule has 0 fully saturated rings. The third-order valence-corrected chi connectivity index (χ3v) is 2.50. The van der Waals surface area contributed by atoms with E-state index in [-0.39, 0.29) is 17.9 Å². The van der Waals surface area contributed by atoms with Gasteiger partial charge in [-0.3, -0.25) is 4.79 Å². The minimum atomic E-state index is -0.309. The maximum absolute atomic E-state index is 11.3. The number of hydrogen-bond donors (Lipinski definition) is 0. The van der Waals surface area contributed by atoms with Crippen LogP contribution in [0.15, 0.2) is 12.4 Å². The highest BCUT2D eigenvalue weighted by Gasteiger charge is 2.23. The summed E-state index contributed by atoms with van der Waals surface area (Å²) in [6, 6.07) is 1.82. The van der Waals surface area contributed by atoms with Crippen LogP contribution >= 0.6 is 0 Å². The Kier molecular flexibility index (Phi) is 3.45. The van der Waals surface area contributed by atoms with E-state index in [1.54, 1.807) is 23.9 Å². The maximum atomic E-state index is 11.3. The molecule has 15 heavy (non-hydrogen) atoms. The summed E-state index contributed by atoms with van der Waals surface area (Å²) in [5.74, 6) is -0.297. The summed E-state index contributed by atoms with van der Waals surface area (Å²) in [5.41, 5.74) is 0. The summed E-state index contributed by atoms with van der Waals surface area (Å²) >= 11 is 0. The molecule has 0 saturated carbocycles. The molecule has 0 N–H and O–H groups in total. The van der Waals surface area contributed by atoms with Gasteiger partial charge in [0.25, 0.3) is 0 Å². The van der Waals surface area contributed by atoms with Crippen LogP contribution in [0.3, 0.4) is 0 Å². The Morgan fingerprint density at radius 1 is 1.67 bits per heavy atom. The molecule has 0 bridgehead atoms. The molecule has 0 aliphatic heterocycles. The van der Waals surface area contributed by atoms with Crippen LogP contribution in [0.1, 0.15) is 25.7 Å². The zero-order valence-electron chi connectivity index (χ0n) is 8.97. The van der Waals surface area contributed by atoms with Gasteiger partial charge in [-0.25, -0.2) is 4.98 Å². The van der Waals surface area contributed by atoms with Gasteiger partial charge in [0.2, 0.25) is 5.82 Å². The SMILES string of the molecule is COC(=O)C(C)C(C)n1ccnc1C#N.